The molecule has 0 heterocycles. The van der Waals surface area contributed by atoms with Gasteiger partial charge < -0.3 is 19.6 Å². The van der Waals surface area contributed by atoms with Gasteiger partial charge in [-0.1, -0.05) is 6.92 Å². The second-order valence-electron chi connectivity index (χ2n) is 1.08. The summed E-state index contributed by atoms with van der Waals surface area (Å²) < 4.78 is 9.69. The van der Waals surface area contributed by atoms with Crippen molar-refractivity contribution in [1.29, 1.82) is 0 Å². The molecule has 5 nitrogen and oxygen atoms in total. The van der Waals surface area contributed by atoms with E-state index >= 15 is 0 Å². The molecule has 60 valence electrons. The Hall–Kier alpha value is 2.14. The van der Waals surface area contributed by atoms with Crippen LogP contribution in [-0.2, 0) is 4.57 Å². The molecule has 0 aromatic carbocycles. The summed E-state index contributed by atoms with van der Waals surface area (Å²) in [6, 6.07) is 0. The molecule has 0 radical (unpaired) electrons. The van der Waals surface area contributed by atoms with Crippen molar-refractivity contribution in [2.24, 2.45) is 0 Å². The first-order chi connectivity index (χ1) is 3.97. The first-order valence-corrected chi connectivity index (χ1v) is 4.75. The van der Waals surface area contributed by atoms with Crippen LogP contribution in [0.25, 0.3) is 0 Å². The third-order valence-electron chi connectivity index (χ3n) is 0.412. The van der Waals surface area contributed by atoms with Crippen LogP contribution in [0.4, 0.5) is 0 Å². The van der Waals surface area contributed by atoms with Crippen LogP contribution in [0.3, 0.4) is 0 Å². The Morgan fingerprint density at radius 1 is 1.40 bits per heavy atom. The molecule has 4 N–H and O–H groups in total. The fraction of sp³-hybridized carbons (Fsp3) is 1.00. The van der Waals surface area contributed by atoms with Crippen molar-refractivity contribution < 1.29 is 24.1 Å². The molecule has 0 spiro atoms. The molecule has 0 aliphatic heterocycles. The normalized spacial score (nSPS) is 8.90. The molecule has 0 aromatic heterocycles. The summed E-state index contributed by atoms with van der Waals surface area (Å²) in [5.41, 5.74) is 0. The van der Waals surface area contributed by atoms with Crippen molar-refractivity contribution >= 4 is 68.0 Å². The number of rotatable bonds is 1. The Morgan fingerprint density at radius 3 is 1.50 bits per heavy atom. The van der Waals surface area contributed by atoms with E-state index in [1.807, 2.05) is 0 Å². The molecule has 10 heavy (non-hydrogen) atoms. The Balaban J connectivity index is -0.000000107. The molecule has 0 atom stereocenters. The fourth-order valence-electron chi connectivity index (χ4n) is 0. The van der Waals surface area contributed by atoms with Gasteiger partial charge in [0.2, 0.25) is 0 Å². The molecule has 0 aromatic rings. The predicted octanol–water partition coefficient (Wildman–Crippen LogP) is -0.985. The molecular weight excluding hydrogens is 205 g/mol. The summed E-state index contributed by atoms with van der Waals surface area (Å²) in [4.78, 5) is 30.2. The van der Waals surface area contributed by atoms with Gasteiger partial charge in [-0.05, 0) is 0 Å². The van der Waals surface area contributed by atoms with Crippen molar-refractivity contribution in [2.75, 3.05) is 6.16 Å². The first kappa shape index (κ1) is 18.0. The van der Waals surface area contributed by atoms with Crippen molar-refractivity contribution in [3.05, 3.63) is 0 Å². The van der Waals surface area contributed by atoms with Crippen molar-refractivity contribution in [2.45, 2.75) is 6.92 Å². The van der Waals surface area contributed by atoms with Gasteiger partial charge in [0.05, 0.1) is 0 Å². The summed E-state index contributed by atoms with van der Waals surface area (Å²) >= 11 is 0. The zero-order valence-corrected chi connectivity index (χ0v) is 6.75. The van der Waals surface area contributed by atoms with Gasteiger partial charge in [-0.2, -0.15) is 0 Å². The predicted molar refractivity (Wildman–Crippen MR) is 42.5 cm³/mol. The van der Waals surface area contributed by atoms with E-state index in [1.54, 1.807) is 0 Å². The number of hydrogen-bond donors (Lipinski definition) is 4. The van der Waals surface area contributed by atoms with Gasteiger partial charge in [0.1, 0.15) is 9.03 Å². The zero-order chi connectivity index (χ0) is 7.91. The Labute approximate surface area is 104 Å². The van der Waals surface area contributed by atoms with Gasteiger partial charge in [0.25, 0.3) is 0 Å². The van der Waals surface area contributed by atoms with E-state index < -0.39 is 16.6 Å². The van der Waals surface area contributed by atoms with E-state index in [4.69, 9.17) is 19.6 Å². The fourth-order valence-corrected chi connectivity index (χ4v) is 0. The van der Waals surface area contributed by atoms with E-state index in [-0.39, 0.29) is 57.5 Å². The van der Waals surface area contributed by atoms with Gasteiger partial charge in [-0.3, -0.25) is 4.57 Å². The van der Waals surface area contributed by atoms with E-state index in [2.05, 4.69) is 0 Å². The van der Waals surface area contributed by atoms with Crippen LogP contribution in [0.1, 0.15) is 6.92 Å². The third kappa shape index (κ3) is 32.1. The van der Waals surface area contributed by atoms with Gasteiger partial charge >= 0.3 is 59.0 Å². The molecular formula is C2H11KO5P2. The molecule has 0 aliphatic carbocycles. The summed E-state index contributed by atoms with van der Waals surface area (Å²) in [6.45, 7) is 1.45. The zero-order valence-electron chi connectivity index (χ0n) is 4.85. The average molecular weight is 216 g/mol. The molecule has 0 fully saturated rings. The molecule has 0 saturated carbocycles. The van der Waals surface area contributed by atoms with Crippen LogP contribution < -0.4 is 0 Å². The van der Waals surface area contributed by atoms with Crippen LogP contribution in [0.2, 0.25) is 0 Å². The molecule has 0 amide bonds. The average Bonchev–Trinajstić information content (AvgIpc) is 1.67. The van der Waals surface area contributed by atoms with Crippen LogP contribution in [0, 0.1) is 0 Å². The second kappa shape index (κ2) is 11.1. The van der Waals surface area contributed by atoms with Gasteiger partial charge in [-0.25, -0.2) is 0 Å². The molecule has 0 rings (SSSR count). The topological polar surface area (TPSA) is 98.0 Å². The standard InChI is InChI=1S/C2H7O3P.K.H3O2P.H/c1-2-6(3,4)5;;1-3-2;/h2H2,1H3,(H2,3,4,5);;1-3H;. The summed E-state index contributed by atoms with van der Waals surface area (Å²) in [5, 5.41) is 0. The van der Waals surface area contributed by atoms with Gasteiger partial charge in [0.15, 0.2) is 0 Å². The Morgan fingerprint density at radius 2 is 1.50 bits per heavy atom. The van der Waals surface area contributed by atoms with Crippen LogP contribution >= 0.6 is 16.6 Å². The molecule has 0 bridgehead atoms. The minimum atomic E-state index is -3.65. The third-order valence-corrected chi connectivity index (χ3v) is 1.24. The molecule has 8 heteroatoms. The summed E-state index contributed by atoms with van der Waals surface area (Å²) in [7, 11) is -4.56. The summed E-state index contributed by atoms with van der Waals surface area (Å²) in [6.07, 6.45) is -0.0625. The molecule has 0 unspecified atom stereocenters. The van der Waals surface area contributed by atoms with E-state index in [0.29, 0.717) is 0 Å². The monoisotopic (exact) mass is 216 g/mol. The molecule has 0 aliphatic rings. The second-order valence-corrected chi connectivity index (χ2v) is 3.24. The summed E-state index contributed by atoms with van der Waals surface area (Å²) in [5.74, 6) is 0. The Kier molecular flexibility index (Phi) is 20.1. The SMILES string of the molecule is CCP(=O)(O)O.OPO.[KH]. The van der Waals surface area contributed by atoms with E-state index in [0.717, 1.165) is 0 Å². The Bertz CT molecular complexity index is 91.6. The molecule has 0 saturated heterocycles. The van der Waals surface area contributed by atoms with Crippen LogP contribution in [0.15, 0.2) is 0 Å². The first-order valence-electron chi connectivity index (χ1n) is 2.05. The maximum atomic E-state index is 9.69. The maximum absolute atomic E-state index is 9.69. The van der Waals surface area contributed by atoms with Crippen molar-refractivity contribution in [3.8, 4) is 0 Å². The quantitative estimate of drug-likeness (QED) is 0.333. The minimum absolute atomic E-state index is 0. The van der Waals surface area contributed by atoms with Gasteiger partial charge in [0, 0.05) is 6.16 Å². The van der Waals surface area contributed by atoms with Gasteiger partial charge in [-0.15, -0.1) is 0 Å². The van der Waals surface area contributed by atoms with E-state index in [1.165, 1.54) is 6.92 Å². The van der Waals surface area contributed by atoms with Crippen molar-refractivity contribution in [3.63, 3.8) is 0 Å². The van der Waals surface area contributed by atoms with E-state index in [9.17, 15) is 4.57 Å². The van der Waals surface area contributed by atoms with Crippen molar-refractivity contribution in [1.82, 2.24) is 0 Å². The number of hydrogen-bond acceptors (Lipinski definition) is 3. The van der Waals surface area contributed by atoms with Crippen LogP contribution in [-0.4, -0.2) is 77.1 Å². The van der Waals surface area contributed by atoms with Crippen LogP contribution in [0.5, 0.6) is 0 Å².